The van der Waals surface area contributed by atoms with Crippen LogP contribution < -0.4 is 4.72 Å². The van der Waals surface area contributed by atoms with Gasteiger partial charge in [-0.3, -0.25) is 0 Å². The molecule has 0 amide bonds. The molecule has 1 saturated heterocycles. The van der Waals surface area contributed by atoms with Crippen LogP contribution in [-0.4, -0.2) is 52.7 Å². The minimum absolute atomic E-state index is 0.0112. The number of morpholine rings is 1. The van der Waals surface area contributed by atoms with E-state index in [1.807, 2.05) is 38.2 Å². The number of sulfonamides is 1. The molecule has 2 rings (SSSR count). The van der Waals surface area contributed by atoms with Gasteiger partial charge in [0.1, 0.15) is 0 Å². The van der Waals surface area contributed by atoms with Crippen molar-refractivity contribution in [2.75, 3.05) is 33.3 Å². The maximum atomic E-state index is 12.1. The fraction of sp³-hybridized carbons (Fsp3) is 0.571. The third-order valence-corrected chi connectivity index (χ3v) is 4.63. The van der Waals surface area contributed by atoms with Crippen LogP contribution in [0.5, 0.6) is 0 Å². The van der Waals surface area contributed by atoms with Gasteiger partial charge in [-0.25, -0.2) is 13.1 Å². The van der Waals surface area contributed by atoms with Crippen LogP contribution in [0.2, 0.25) is 0 Å². The SMILES string of the molecule is Cc1cccc(CS(=O)(=O)NCC2CN(C)CCO2)c1. The van der Waals surface area contributed by atoms with Crippen LogP contribution in [0.15, 0.2) is 24.3 Å². The molecule has 0 bridgehead atoms. The molecule has 112 valence electrons. The largest absolute Gasteiger partial charge is 0.374 e. The van der Waals surface area contributed by atoms with Crippen LogP contribution in [0, 0.1) is 6.92 Å². The van der Waals surface area contributed by atoms with Crippen molar-refractivity contribution in [2.45, 2.75) is 18.8 Å². The predicted molar refractivity (Wildman–Crippen MR) is 79.0 cm³/mol. The van der Waals surface area contributed by atoms with E-state index in [-0.39, 0.29) is 11.9 Å². The lowest BCUT2D eigenvalue weighted by Crippen LogP contribution is -2.46. The van der Waals surface area contributed by atoms with E-state index in [0.29, 0.717) is 13.2 Å². The predicted octanol–water partition coefficient (Wildman–Crippen LogP) is 0.745. The molecule has 20 heavy (non-hydrogen) atoms. The minimum Gasteiger partial charge on any atom is -0.374 e. The Morgan fingerprint density at radius 1 is 1.45 bits per heavy atom. The molecule has 0 aliphatic carbocycles. The first kappa shape index (κ1) is 15.4. The lowest BCUT2D eigenvalue weighted by atomic mass is 10.2. The molecule has 1 heterocycles. The molecule has 6 heteroatoms. The van der Waals surface area contributed by atoms with Crippen molar-refractivity contribution in [1.29, 1.82) is 0 Å². The summed E-state index contributed by atoms with van der Waals surface area (Å²) in [5.41, 5.74) is 1.87. The van der Waals surface area contributed by atoms with Gasteiger partial charge >= 0.3 is 0 Å². The van der Waals surface area contributed by atoms with E-state index in [9.17, 15) is 8.42 Å². The van der Waals surface area contributed by atoms with Crippen LogP contribution in [0.25, 0.3) is 0 Å². The van der Waals surface area contributed by atoms with Gasteiger partial charge in [0.05, 0.1) is 18.5 Å². The van der Waals surface area contributed by atoms with E-state index in [2.05, 4.69) is 9.62 Å². The summed E-state index contributed by atoms with van der Waals surface area (Å²) < 4.78 is 32.3. The van der Waals surface area contributed by atoms with Crippen molar-refractivity contribution in [3.8, 4) is 0 Å². The van der Waals surface area contributed by atoms with E-state index >= 15 is 0 Å². The zero-order valence-corrected chi connectivity index (χ0v) is 12.8. The highest BCUT2D eigenvalue weighted by atomic mass is 32.2. The molecule has 1 aliphatic rings. The lowest BCUT2D eigenvalue weighted by molar-refractivity contribution is -0.0156. The van der Waals surface area contributed by atoms with Crippen LogP contribution in [0.3, 0.4) is 0 Å². The smallest absolute Gasteiger partial charge is 0.215 e. The molecule has 1 atom stereocenters. The molecule has 1 aliphatic heterocycles. The Labute approximate surface area is 121 Å². The number of likely N-dealkylation sites (N-methyl/N-ethyl adjacent to an activating group) is 1. The molecule has 0 aromatic heterocycles. The number of rotatable bonds is 5. The highest BCUT2D eigenvalue weighted by Gasteiger charge is 2.20. The first-order valence-corrected chi connectivity index (χ1v) is 8.43. The van der Waals surface area contributed by atoms with Crippen LogP contribution in [-0.2, 0) is 20.5 Å². The second-order valence-corrected chi connectivity index (χ2v) is 7.16. The summed E-state index contributed by atoms with van der Waals surface area (Å²) in [6.45, 7) is 4.59. The second kappa shape index (κ2) is 6.67. The van der Waals surface area contributed by atoms with Crippen molar-refractivity contribution in [1.82, 2.24) is 9.62 Å². The summed E-state index contributed by atoms with van der Waals surface area (Å²) in [5.74, 6) is 0.0112. The van der Waals surface area contributed by atoms with Crippen molar-refractivity contribution in [3.05, 3.63) is 35.4 Å². The van der Waals surface area contributed by atoms with Crippen molar-refractivity contribution >= 4 is 10.0 Å². The van der Waals surface area contributed by atoms with Crippen molar-refractivity contribution in [2.24, 2.45) is 0 Å². The first-order valence-electron chi connectivity index (χ1n) is 6.78. The molecular formula is C14H22N2O3S. The van der Waals surface area contributed by atoms with Gasteiger partial charge < -0.3 is 9.64 Å². The molecule has 0 radical (unpaired) electrons. The number of hydrogen-bond donors (Lipinski definition) is 1. The number of ether oxygens (including phenoxy) is 1. The molecule has 1 unspecified atom stereocenters. The second-order valence-electron chi connectivity index (χ2n) is 5.35. The number of nitrogens with one attached hydrogen (secondary N) is 1. The maximum Gasteiger partial charge on any atom is 0.215 e. The van der Waals surface area contributed by atoms with E-state index in [1.54, 1.807) is 0 Å². The van der Waals surface area contributed by atoms with Gasteiger partial charge in [-0.1, -0.05) is 29.8 Å². The third kappa shape index (κ3) is 4.86. The van der Waals surface area contributed by atoms with E-state index < -0.39 is 10.0 Å². The normalized spacial score (nSPS) is 21.0. The van der Waals surface area contributed by atoms with Gasteiger partial charge in [0.2, 0.25) is 10.0 Å². The summed E-state index contributed by atoms with van der Waals surface area (Å²) in [7, 11) is -1.31. The molecule has 1 aromatic rings. The molecule has 0 spiro atoms. The van der Waals surface area contributed by atoms with Crippen LogP contribution in [0.1, 0.15) is 11.1 Å². The molecule has 1 N–H and O–H groups in total. The van der Waals surface area contributed by atoms with Gasteiger partial charge in [-0.15, -0.1) is 0 Å². The Morgan fingerprint density at radius 2 is 2.25 bits per heavy atom. The summed E-state index contributed by atoms with van der Waals surface area (Å²) in [6.07, 6.45) is -0.0685. The topological polar surface area (TPSA) is 58.6 Å². The summed E-state index contributed by atoms with van der Waals surface area (Å²) >= 11 is 0. The van der Waals surface area contributed by atoms with Crippen LogP contribution >= 0.6 is 0 Å². The van der Waals surface area contributed by atoms with Gasteiger partial charge in [0.25, 0.3) is 0 Å². The zero-order valence-electron chi connectivity index (χ0n) is 12.0. The van der Waals surface area contributed by atoms with Gasteiger partial charge in [-0.2, -0.15) is 0 Å². The standard InChI is InChI=1S/C14H22N2O3S/c1-12-4-3-5-13(8-12)11-20(17,18)15-9-14-10-16(2)6-7-19-14/h3-5,8,14-15H,6-7,9-11H2,1-2H3. The lowest BCUT2D eigenvalue weighted by Gasteiger charge is -2.30. The number of hydrogen-bond acceptors (Lipinski definition) is 4. The average molecular weight is 298 g/mol. The Hall–Kier alpha value is -0.950. The van der Waals surface area contributed by atoms with E-state index in [1.165, 1.54) is 0 Å². The third-order valence-electron chi connectivity index (χ3n) is 3.31. The minimum atomic E-state index is -3.32. The molecule has 1 aromatic carbocycles. The summed E-state index contributed by atoms with van der Waals surface area (Å²) in [4.78, 5) is 2.14. The quantitative estimate of drug-likeness (QED) is 0.871. The average Bonchev–Trinajstić information content (AvgIpc) is 2.36. The molecule has 5 nitrogen and oxygen atoms in total. The highest BCUT2D eigenvalue weighted by molar-refractivity contribution is 7.88. The van der Waals surface area contributed by atoms with E-state index in [0.717, 1.165) is 24.2 Å². The monoisotopic (exact) mass is 298 g/mol. The van der Waals surface area contributed by atoms with Gasteiger partial charge in [0, 0.05) is 19.6 Å². The Bertz CT molecular complexity index is 545. The first-order chi connectivity index (χ1) is 9.44. The zero-order chi connectivity index (χ0) is 14.6. The Balaban J connectivity index is 1.87. The highest BCUT2D eigenvalue weighted by Crippen LogP contribution is 2.08. The Kier molecular flexibility index (Phi) is 5.15. The molecule has 1 fully saturated rings. The summed E-state index contributed by atoms with van der Waals surface area (Å²) in [5, 5.41) is 0. The van der Waals surface area contributed by atoms with E-state index in [4.69, 9.17) is 4.74 Å². The maximum absolute atomic E-state index is 12.1. The van der Waals surface area contributed by atoms with Crippen LogP contribution in [0.4, 0.5) is 0 Å². The fourth-order valence-electron chi connectivity index (χ4n) is 2.28. The summed E-state index contributed by atoms with van der Waals surface area (Å²) in [6, 6.07) is 7.55. The van der Waals surface area contributed by atoms with Gasteiger partial charge in [0.15, 0.2) is 0 Å². The van der Waals surface area contributed by atoms with Crippen molar-refractivity contribution in [3.63, 3.8) is 0 Å². The van der Waals surface area contributed by atoms with Crippen molar-refractivity contribution < 1.29 is 13.2 Å². The number of benzene rings is 1. The molecule has 0 saturated carbocycles. The van der Waals surface area contributed by atoms with Gasteiger partial charge in [-0.05, 0) is 19.5 Å². The number of aryl methyl sites for hydroxylation is 1. The number of nitrogens with zero attached hydrogens (tertiary/aromatic N) is 1. The Morgan fingerprint density at radius 3 is 2.95 bits per heavy atom. The fourth-order valence-corrected chi connectivity index (χ4v) is 3.44. The molecular weight excluding hydrogens is 276 g/mol.